The van der Waals surface area contributed by atoms with Crippen molar-refractivity contribution in [1.29, 1.82) is 0 Å². The van der Waals surface area contributed by atoms with Crippen molar-refractivity contribution in [1.82, 2.24) is 0 Å². The number of hydrogen-bond acceptors (Lipinski definition) is 2. The zero-order chi connectivity index (χ0) is 4.28. The molecule has 3 radical (unpaired) electrons. The van der Waals surface area contributed by atoms with Gasteiger partial charge in [-0.3, -0.25) is 4.79 Å². The zero-order valence-corrected chi connectivity index (χ0v) is 6.56. The number of carboxylic acids is 1. The molecule has 3 nitrogen and oxygen atoms in total. The second kappa shape index (κ2) is 5.31. The summed E-state index contributed by atoms with van der Waals surface area (Å²) in [4.78, 5) is 9.24. The standard InChI is InChI=1S/C2H5NO2.Bi/c3-1-2(4)5;/h1,3H2,(H,4,5);. The third-order valence-corrected chi connectivity index (χ3v) is 0.175. The molecule has 0 unspecified atom stereocenters. The van der Waals surface area contributed by atoms with Crippen LogP contribution in [0.15, 0.2) is 0 Å². The van der Waals surface area contributed by atoms with Crippen LogP contribution in [0.2, 0.25) is 0 Å². The quantitative estimate of drug-likeness (QED) is 0.585. The van der Waals surface area contributed by atoms with E-state index in [1.165, 1.54) is 0 Å². The molecule has 0 heterocycles. The van der Waals surface area contributed by atoms with E-state index in [0.29, 0.717) is 0 Å². The number of carbonyl (C=O) groups is 1. The Morgan fingerprint density at radius 2 is 2.00 bits per heavy atom. The van der Waals surface area contributed by atoms with Gasteiger partial charge in [0.15, 0.2) is 0 Å². The minimum atomic E-state index is -0.968. The summed E-state index contributed by atoms with van der Waals surface area (Å²) in [6.07, 6.45) is 0. The normalized spacial score (nSPS) is 6.17. The van der Waals surface area contributed by atoms with Crippen molar-refractivity contribution in [2.45, 2.75) is 0 Å². The molecule has 0 saturated carbocycles. The van der Waals surface area contributed by atoms with E-state index in [9.17, 15) is 4.79 Å². The number of carboxylic acid groups (broad SMARTS) is 1. The summed E-state index contributed by atoms with van der Waals surface area (Å²) < 4.78 is 0. The molecule has 0 aliphatic rings. The molecule has 0 rings (SSSR count). The van der Waals surface area contributed by atoms with Crippen LogP contribution in [-0.4, -0.2) is 43.8 Å². The van der Waals surface area contributed by atoms with Crippen molar-refractivity contribution >= 4 is 32.2 Å². The van der Waals surface area contributed by atoms with E-state index < -0.39 is 5.97 Å². The molecule has 6 heavy (non-hydrogen) atoms. The first-order valence-electron chi connectivity index (χ1n) is 1.19. The first kappa shape index (κ1) is 9.58. The molecular weight excluding hydrogens is 279 g/mol. The molecule has 0 aliphatic heterocycles. The van der Waals surface area contributed by atoms with Gasteiger partial charge < -0.3 is 10.8 Å². The van der Waals surface area contributed by atoms with Crippen LogP contribution < -0.4 is 5.73 Å². The van der Waals surface area contributed by atoms with Gasteiger partial charge in [0, 0.05) is 26.2 Å². The Balaban J connectivity index is 0. The van der Waals surface area contributed by atoms with E-state index in [-0.39, 0.29) is 32.7 Å². The molecule has 0 aromatic carbocycles. The van der Waals surface area contributed by atoms with E-state index in [1.807, 2.05) is 0 Å². The summed E-state index contributed by atoms with van der Waals surface area (Å²) in [7, 11) is 0. The van der Waals surface area contributed by atoms with Crippen LogP contribution in [0.3, 0.4) is 0 Å². The topological polar surface area (TPSA) is 63.3 Å². The summed E-state index contributed by atoms with van der Waals surface area (Å²) in [5.41, 5.74) is 4.57. The van der Waals surface area contributed by atoms with Gasteiger partial charge in [-0.25, -0.2) is 0 Å². The first-order valence-corrected chi connectivity index (χ1v) is 1.19. The number of hydrogen-bond donors (Lipinski definition) is 2. The van der Waals surface area contributed by atoms with Gasteiger partial charge in [0.25, 0.3) is 0 Å². The Morgan fingerprint density at radius 1 is 1.83 bits per heavy atom. The Morgan fingerprint density at radius 3 is 2.00 bits per heavy atom. The molecule has 35 valence electrons. The van der Waals surface area contributed by atoms with E-state index in [0.717, 1.165) is 0 Å². The van der Waals surface area contributed by atoms with Crippen LogP contribution in [0.4, 0.5) is 0 Å². The minimum Gasteiger partial charge on any atom is -0.480 e. The van der Waals surface area contributed by atoms with Crippen LogP contribution in [0.25, 0.3) is 0 Å². The van der Waals surface area contributed by atoms with Crippen LogP contribution in [-0.2, 0) is 4.79 Å². The molecule has 0 atom stereocenters. The van der Waals surface area contributed by atoms with Crippen molar-refractivity contribution in [2.24, 2.45) is 5.73 Å². The van der Waals surface area contributed by atoms with Crippen LogP contribution in [0.5, 0.6) is 0 Å². The average Bonchev–Trinajstić information content (AvgIpc) is 1.38. The summed E-state index contributed by atoms with van der Waals surface area (Å²) in [6, 6.07) is 0. The largest absolute Gasteiger partial charge is 0.480 e. The van der Waals surface area contributed by atoms with Crippen molar-refractivity contribution in [2.75, 3.05) is 6.54 Å². The molecule has 4 heteroatoms. The fourth-order valence-corrected chi connectivity index (χ4v) is 0. The summed E-state index contributed by atoms with van der Waals surface area (Å²) in [5.74, 6) is -0.968. The molecule has 0 spiro atoms. The van der Waals surface area contributed by atoms with Crippen molar-refractivity contribution in [3.63, 3.8) is 0 Å². The smallest absolute Gasteiger partial charge is 0.317 e. The Kier molecular flexibility index (Phi) is 8.48. The number of rotatable bonds is 1. The summed E-state index contributed by atoms with van der Waals surface area (Å²) in [5, 5.41) is 7.60. The maximum Gasteiger partial charge on any atom is 0.317 e. The molecule has 0 saturated heterocycles. The van der Waals surface area contributed by atoms with Crippen molar-refractivity contribution in [3.05, 3.63) is 0 Å². The van der Waals surface area contributed by atoms with Crippen molar-refractivity contribution < 1.29 is 9.90 Å². The molecule has 0 bridgehead atoms. The molecule has 0 aromatic rings. The Labute approximate surface area is 54.6 Å². The van der Waals surface area contributed by atoms with Crippen LogP contribution in [0, 0.1) is 0 Å². The third kappa shape index (κ3) is 8.85. The van der Waals surface area contributed by atoms with E-state index in [1.54, 1.807) is 0 Å². The third-order valence-electron chi connectivity index (χ3n) is 0.175. The molecule has 0 aromatic heterocycles. The molecule has 0 amide bonds. The molecule has 0 aliphatic carbocycles. The summed E-state index contributed by atoms with van der Waals surface area (Å²) >= 11 is 0. The van der Waals surface area contributed by atoms with E-state index in [2.05, 4.69) is 5.73 Å². The fourth-order valence-electron chi connectivity index (χ4n) is 0. The van der Waals surface area contributed by atoms with Gasteiger partial charge >= 0.3 is 5.97 Å². The maximum atomic E-state index is 9.24. The van der Waals surface area contributed by atoms with Gasteiger partial charge in [0.1, 0.15) is 0 Å². The number of nitrogens with two attached hydrogens (primary N) is 1. The Hall–Kier alpha value is 0.313. The van der Waals surface area contributed by atoms with Crippen LogP contribution in [0.1, 0.15) is 0 Å². The predicted octanol–water partition coefficient (Wildman–Crippen LogP) is -1.35. The first-order chi connectivity index (χ1) is 2.27. The molecular formula is C2H5BiNO2. The van der Waals surface area contributed by atoms with E-state index in [4.69, 9.17) is 5.11 Å². The van der Waals surface area contributed by atoms with Gasteiger partial charge in [-0.15, -0.1) is 0 Å². The average molecular weight is 284 g/mol. The Bertz CT molecular complexity index is 46.8. The van der Waals surface area contributed by atoms with Gasteiger partial charge in [-0.2, -0.15) is 0 Å². The second-order valence-electron chi connectivity index (χ2n) is 0.598. The summed E-state index contributed by atoms with van der Waals surface area (Å²) in [6.45, 7) is -0.278. The number of aliphatic carboxylic acids is 1. The SMILES string of the molecule is NCC(=O)O.[Bi]. The van der Waals surface area contributed by atoms with Gasteiger partial charge in [-0.1, -0.05) is 0 Å². The second-order valence-corrected chi connectivity index (χ2v) is 0.598. The fraction of sp³-hybridized carbons (Fsp3) is 0.500. The van der Waals surface area contributed by atoms with Gasteiger partial charge in [-0.05, 0) is 0 Å². The van der Waals surface area contributed by atoms with Crippen LogP contribution >= 0.6 is 0 Å². The van der Waals surface area contributed by atoms with Crippen molar-refractivity contribution in [3.8, 4) is 0 Å². The van der Waals surface area contributed by atoms with Gasteiger partial charge in [0.05, 0.1) is 6.54 Å². The maximum absolute atomic E-state index is 9.24. The monoisotopic (exact) mass is 284 g/mol. The zero-order valence-electron chi connectivity index (χ0n) is 3.09. The molecule has 3 N–H and O–H groups in total. The van der Waals surface area contributed by atoms with Gasteiger partial charge in [0.2, 0.25) is 0 Å². The molecule has 0 fully saturated rings. The van der Waals surface area contributed by atoms with E-state index >= 15 is 0 Å². The predicted molar refractivity (Wildman–Crippen MR) is 22.4 cm³/mol. The minimum absolute atomic E-state index is 0.